The van der Waals surface area contributed by atoms with E-state index in [-0.39, 0.29) is 11.8 Å². The standard InChI is InChI=1S/C25H29N3O3/c1-3-4-6-18-9-11-20(12-10-18)25(29)28-15-13-19(14-16-28)24-26-23(27-31-24)21-7-5-8-22(17-21)30-2/h5,7-12,17,19H,3-4,6,13-16H2,1-2H3. The monoisotopic (exact) mass is 419 g/mol. The predicted molar refractivity (Wildman–Crippen MR) is 119 cm³/mol. The first kappa shape index (κ1) is 21.1. The summed E-state index contributed by atoms with van der Waals surface area (Å²) >= 11 is 0. The largest absolute Gasteiger partial charge is 0.497 e. The van der Waals surface area contributed by atoms with Gasteiger partial charge in [0.1, 0.15) is 5.75 Å². The van der Waals surface area contributed by atoms with E-state index in [4.69, 9.17) is 9.26 Å². The predicted octanol–water partition coefficient (Wildman–Crippen LogP) is 5.11. The number of benzene rings is 2. The molecular formula is C25H29N3O3. The van der Waals surface area contributed by atoms with Gasteiger partial charge in [0.15, 0.2) is 0 Å². The van der Waals surface area contributed by atoms with Gasteiger partial charge < -0.3 is 14.2 Å². The van der Waals surface area contributed by atoms with Gasteiger partial charge in [0.25, 0.3) is 5.91 Å². The fourth-order valence-corrected chi connectivity index (χ4v) is 3.99. The Morgan fingerprint density at radius 1 is 1.16 bits per heavy atom. The summed E-state index contributed by atoms with van der Waals surface area (Å²) in [6.45, 7) is 3.57. The number of aryl methyl sites for hydroxylation is 1. The van der Waals surface area contributed by atoms with Crippen molar-refractivity contribution in [3.63, 3.8) is 0 Å². The molecule has 0 N–H and O–H groups in total. The fourth-order valence-electron chi connectivity index (χ4n) is 3.99. The Bertz CT molecular complexity index is 1000. The first-order valence-electron chi connectivity index (χ1n) is 11.0. The average molecular weight is 420 g/mol. The lowest BCUT2D eigenvalue weighted by Crippen LogP contribution is -2.38. The molecule has 3 aromatic rings. The van der Waals surface area contributed by atoms with Gasteiger partial charge in [0.2, 0.25) is 11.7 Å². The molecule has 2 heterocycles. The number of hydrogen-bond acceptors (Lipinski definition) is 5. The minimum Gasteiger partial charge on any atom is -0.497 e. The second kappa shape index (κ2) is 9.77. The number of hydrogen-bond donors (Lipinski definition) is 0. The smallest absolute Gasteiger partial charge is 0.253 e. The molecule has 0 radical (unpaired) electrons. The van der Waals surface area contributed by atoms with Gasteiger partial charge in [0.05, 0.1) is 7.11 Å². The third kappa shape index (κ3) is 4.95. The van der Waals surface area contributed by atoms with E-state index < -0.39 is 0 Å². The highest BCUT2D eigenvalue weighted by atomic mass is 16.5. The highest BCUT2D eigenvalue weighted by Crippen LogP contribution is 2.30. The molecule has 6 heteroatoms. The molecular weight excluding hydrogens is 390 g/mol. The average Bonchev–Trinajstić information content (AvgIpc) is 3.33. The molecule has 1 aliphatic rings. The van der Waals surface area contributed by atoms with Crippen LogP contribution in [0.15, 0.2) is 53.1 Å². The number of carbonyl (C=O) groups excluding carboxylic acids is 1. The van der Waals surface area contributed by atoms with E-state index in [2.05, 4.69) is 29.2 Å². The molecule has 1 fully saturated rings. The molecule has 1 aromatic heterocycles. The summed E-state index contributed by atoms with van der Waals surface area (Å²) in [4.78, 5) is 19.4. The number of piperidine rings is 1. The van der Waals surface area contributed by atoms with Crippen LogP contribution in [-0.4, -0.2) is 41.1 Å². The lowest BCUT2D eigenvalue weighted by atomic mass is 9.96. The van der Waals surface area contributed by atoms with Crippen LogP contribution in [0.2, 0.25) is 0 Å². The Hall–Kier alpha value is -3.15. The molecule has 0 bridgehead atoms. The topological polar surface area (TPSA) is 68.5 Å². The summed E-state index contributed by atoms with van der Waals surface area (Å²) in [5.74, 6) is 2.24. The van der Waals surface area contributed by atoms with E-state index in [1.807, 2.05) is 41.3 Å². The molecule has 2 aromatic carbocycles. The molecule has 31 heavy (non-hydrogen) atoms. The SMILES string of the molecule is CCCCc1ccc(C(=O)N2CCC(c3nc(-c4cccc(OC)c4)no3)CC2)cc1. The number of likely N-dealkylation sites (tertiary alicyclic amines) is 1. The highest BCUT2D eigenvalue weighted by molar-refractivity contribution is 5.94. The summed E-state index contributed by atoms with van der Waals surface area (Å²) in [6, 6.07) is 15.7. The van der Waals surface area contributed by atoms with Gasteiger partial charge in [-0.15, -0.1) is 0 Å². The second-order valence-electron chi connectivity index (χ2n) is 8.06. The molecule has 4 rings (SSSR count). The maximum atomic E-state index is 12.9. The Labute approximate surface area is 183 Å². The quantitative estimate of drug-likeness (QED) is 0.532. The molecule has 0 spiro atoms. The van der Waals surface area contributed by atoms with E-state index in [1.165, 1.54) is 18.4 Å². The van der Waals surface area contributed by atoms with Gasteiger partial charge in [0, 0.05) is 30.1 Å². The third-order valence-corrected chi connectivity index (χ3v) is 5.92. The molecule has 0 unspecified atom stereocenters. The van der Waals surface area contributed by atoms with Crippen LogP contribution in [0.5, 0.6) is 5.75 Å². The number of methoxy groups -OCH3 is 1. The summed E-state index contributed by atoms with van der Waals surface area (Å²) in [6.07, 6.45) is 5.06. The van der Waals surface area contributed by atoms with Crippen molar-refractivity contribution < 1.29 is 14.1 Å². The van der Waals surface area contributed by atoms with Crippen molar-refractivity contribution in [3.8, 4) is 17.1 Å². The van der Waals surface area contributed by atoms with Crippen LogP contribution < -0.4 is 4.74 Å². The van der Waals surface area contributed by atoms with E-state index in [9.17, 15) is 4.79 Å². The first-order valence-corrected chi connectivity index (χ1v) is 11.0. The van der Waals surface area contributed by atoms with Crippen molar-refractivity contribution >= 4 is 5.91 Å². The minimum atomic E-state index is 0.100. The lowest BCUT2D eigenvalue weighted by Gasteiger charge is -2.30. The van der Waals surface area contributed by atoms with Crippen molar-refractivity contribution in [1.82, 2.24) is 15.0 Å². The van der Waals surface area contributed by atoms with E-state index in [1.54, 1.807) is 7.11 Å². The van der Waals surface area contributed by atoms with E-state index in [0.717, 1.165) is 36.1 Å². The van der Waals surface area contributed by atoms with Crippen LogP contribution >= 0.6 is 0 Å². The Balaban J connectivity index is 1.35. The zero-order valence-electron chi connectivity index (χ0n) is 18.2. The third-order valence-electron chi connectivity index (χ3n) is 5.92. The lowest BCUT2D eigenvalue weighted by molar-refractivity contribution is 0.0704. The van der Waals surface area contributed by atoms with Crippen molar-refractivity contribution in [2.24, 2.45) is 0 Å². The first-order chi connectivity index (χ1) is 15.2. The molecule has 1 saturated heterocycles. The van der Waals surface area contributed by atoms with Crippen molar-refractivity contribution in [3.05, 3.63) is 65.5 Å². The minimum absolute atomic E-state index is 0.100. The molecule has 0 saturated carbocycles. The van der Waals surface area contributed by atoms with Gasteiger partial charge in [-0.05, 0) is 55.5 Å². The van der Waals surface area contributed by atoms with Crippen molar-refractivity contribution in [2.45, 2.75) is 44.9 Å². The number of aromatic nitrogens is 2. The number of unbranched alkanes of at least 4 members (excludes halogenated alkanes) is 1. The van der Waals surface area contributed by atoms with Gasteiger partial charge in [-0.2, -0.15) is 4.98 Å². The number of amides is 1. The number of carbonyl (C=O) groups is 1. The van der Waals surface area contributed by atoms with Crippen LogP contribution in [0.4, 0.5) is 0 Å². The summed E-state index contributed by atoms with van der Waals surface area (Å²) < 4.78 is 10.8. The Kier molecular flexibility index (Phi) is 6.65. The molecule has 0 atom stereocenters. The Morgan fingerprint density at radius 2 is 1.94 bits per heavy atom. The van der Waals surface area contributed by atoms with Crippen LogP contribution in [0.25, 0.3) is 11.4 Å². The van der Waals surface area contributed by atoms with E-state index >= 15 is 0 Å². The van der Waals surface area contributed by atoms with E-state index in [0.29, 0.717) is 24.8 Å². The normalized spacial score (nSPS) is 14.6. The summed E-state index contributed by atoms with van der Waals surface area (Å²) in [5.41, 5.74) is 2.92. The van der Waals surface area contributed by atoms with Gasteiger partial charge in [-0.25, -0.2) is 0 Å². The maximum absolute atomic E-state index is 12.9. The number of nitrogens with zero attached hydrogens (tertiary/aromatic N) is 3. The second-order valence-corrected chi connectivity index (χ2v) is 8.06. The zero-order chi connectivity index (χ0) is 21.6. The number of ether oxygens (including phenoxy) is 1. The summed E-state index contributed by atoms with van der Waals surface area (Å²) in [5, 5.41) is 4.15. The molecule has 162 valence electrons. The molecule has 1 amide bonds. The Morgan fingerprint density at radius 3 is 2.65 bits per heavy atom. The molecule has 1 aliphatic heterocycles. The molecule has 6 nitrogen and oxygen atoms in total. The number of rotatable bonds is 7. The van der Waals surface area contributed by atoms with Crippen LogP contribution in [0, 0.1) is 0 Å². The zero-order valence-corrected chi connectivity index (χ0v) is 18.2. The van der Waals surface area contributed by atoms with Gasteiger partial charge in [-0.3, -0.25) is 4.79 Å². The van der Waals surface area contributed by atoms with Crippen molar-refractivity contribution in [1.29, 1.82) is 0 Å². The van der Waals surface area contributed by atoms with Crippen LogP contribution in [-0.2, 0) is 6.42 Å². The van der Waals surface area contributed by atoms with Crippen LogP contribution in [0.3, 0.4) is 0 Å². The van der Waals surface area contributed by atoms with Crippen molar-refractivity contribution in [2.75, 3.05) is 20.2 Å². The maximum Gasteiger partial charge on any atom is 0.253 e. The summed E-state index contributed by atoms with van der Waals surface area (Å²) in [7, 11) is 1.64. The van der Waals surface area contributed by atoms with Crippen LogP contribution in [0.1, 0.15) is 60.3 Å². The molecule has 0 aliphatic carbocycles. The van der Waals surface area contributed by atoms with Gasteiger partial charge in [-0.1, -0.05) is 42.8 Å². The fraction of sp³-hybridized carbons (Fsp3) is 0.400. The highest BCUT2D eigenvalue weighted by Gasteiger charge is 2.28. The van der Waals surface area contributed by atoms with Gasteiger partial charge >= 0.3 is 0 Å².